The summed E-state index contributed by atoms with van der Waals surface area (Å²) >= 11 is 0. The summed E-state index contributed by atoms with van der Waals surface area (Å²) in [5.74, 6) is -5.37. The summed E-state index contributed by atoms with van der Waals surface area (Å²) in [7, 11) is 0. The van der Waals surface area contributed by atoms with Crippen LogP contribution in [0.2, 0.25) is 0 Å². The maximum atomic E-state index is 13.4. The van der Waals surface area contributed by atoms with Gasteiger partial charge >= 0.3 is 5.97 Å². The average molecular weight is 282 g/mol. The number of benzene rings is 1. The third-order valence-electron chi connectivity index (χ3n) is 2.52. The third kappa shape index (κ3) is 2.87. The number of carboxylic acids is 1. The van der Waals surface area contributed by atoms with Crippen molar-refractivity contribution in [1.82, 2.24) is 4.98 Å². The molecular weight excluding hydrogens is 273 g/mol. The Balaban J connectivity index is 2.15. The number of halogens is 3. The van der Waals surface area contributed by atoms with Crippen LogP contribution in [0.3, 0.4) is 0 Å². The minimum absolute atomic E-state index is 0.0247. The van der Waals surface area contributed by atoms with E-state index in [4.69, 9.17) is 5.11 Å². The molecule has 7 heteroatoms. The van der Waals surface area contributed by atoms with E-state index >= 15 is 0 Å². The van der Waals surface area contributed by atoms with E-state index in [0.717, 1.165) is 12.1 Å². The van der Waals surface area contributed by atoms with Crippen molar-refractivity contribution in [2.75, 3.05) is 5.32 Å². The molecule has 1 aromatic heterocycles. The first-order valence-electron chi connectivity index (χ1n) is 5.55. The van der Waals surface area contributed by atoms with Gasteiger partial charge in [0.2, 0.25) is 0 Å². The lowest BCUT2D eigenvalue weighted by atomic mass is 10.2. The van der Waals surface area contributed by atoms with Crippen LogP contribution in [-0.2, 0) is 6.54 Å². The van der Waals surface area contributed by atoms with Gasteiger partial charge in [-0.2, -0.15) is 0 Å². The van der Waals surface area contributed by atoms with Crippen molar-refractivity contribution in [2.24, 2.45) is 0 Å². The lowest BCUT2D eigenvalue weighted by molar-refractivity contribution is 0.0690. The van der Waals surface area contributed by atoms with Crippen LogP contribution < -0.4 is 5.32 Å². The van der Waals surface area contributed by atoms with Gasteiger partial charge < -0.3 is 10.4 Å². The fourth-order valence-corrected chi connectivity index (χ4v) is 1.55. The summed E-state index contributed by atoms with van der Waals surface area (Å²) in [6.45, 7) is -0.0247. The fraction of sp³-hybridized carbons (Fsp3) is 0.0769. The van der Waals surface area contributed by atoms with E-state index in [-0.39, 0.29) is 17.9 Å². The number of aromatic carboxylic acids is 1. The Morgan fingerprint density at radius 3 is 2.60 bits per heavy atom. The smallest absolute Gasteiger partial charge is 0.354 e. The van der Waals surface area contributed by atoms with Gasteiger partial charge in [-0.15, -0.1) is 0 Å². The Labute approximate surface area is 111 Å². The minimum Gasteiger partial charge on any atom is -0.477 e. The normalized spacial score (nSPS) is 10.3. The van der Waals surface area contributed by atoms with Crippen molar-refractivity contribution in [2.45, 2.75) is 6.54 Å². The first kappa shape index (κ1) is 13.9. The highest BCUT2D eigenvalue weighted by atomic mass is 19.2. The molecule has 1 heterocycles. The van der Waals surface area contributed by atoms with E-state index in [1.165, 1.54) is 18.2 Å². The molecule has 0 fully saturated rings. The van der Waals surface area contributed by atoms with Crippen molar-refractivity contribution in [3.8, 4) is 0 Å². The largest absolute Gasteiger partial charge is 0.477 e. The molecule has 4 nitrogen and oxygen atoms in total. The highest BCUT2D eigenvalue weighted by Gasteiger charge is 2.13. The molecule has 0 aliphatic rings. The second-order valence-corrected chi connectivity index (χ2v) is 3.90. The first-order valence-corrected chi connectivity index (χ1v) is 5.55. The van der Waals surface area contributed by atoms with Crippen LogP contribution in [0.25, 0.3) is 0 Å². The van der Waals surface area contributed by atoms with Crippen molar-refractivity contribution >= 4 is 11.7 Å². The van der Waals surface area contributed by atoms with Gasteiger partial charge in [-0.05, 0) is 24.3 Å². The maximum absolute atomic E-state index is 13.4. The lowest BCUT2D eigenvalue weighted by Gasteiger charge is -2.08. The lowest BCUT2D eigenvalue weighted by Crippen LogP contribution is -2.08. The Morgan fingerprint density at radius 2 is 1.90 bits per heavy atom. The summed E-state index contributed by atoms with van der Waals surface area (Å²) in [5, 5.41) is 11.3. The molecule has 0 aliphatic heterocycles. The number of pyridine rings is 1. The SMILES string of the molecule is O=C(O)c1cccc(CNc2ccc(F)c(F)c2F)n1. The quantitative estimate of drug-likeness (QED) is 0.846. The summed E-state index contributed by atoms with van der Waals surface area (Å²) in [6, 6.07) is 6.16. The van der Waals surface area contributed by atoms with E-state index in [9.17, 15) is 18.0 Å². The molecule has 104 valence electrons. The van der Waals surface area contributed by atoms with Crippen molar-refractivity contribution in [3.05, 3.63) is 59.2 Å². The fourth-order valence-electron chi connectivity index (χ4n) is 1.55. The maximum Gasteiger partial charge on any atom is 0.354 e. The summed E-state index contributed by atoms with van der Waals surface area (Å²) < 4.78 is 39.1. The molecule has 0 radical (unpaired) electrons. The van der Waals surface area contributed by atoms with Crippen LogP contribution in [0.1, 0.15) is 16.2 Å². The van der Waals surface area contributed by atoms with E-state index in [0.29, 0.717) is 5.69 Å². The summed E-state index contributed by atoms with van der Waals surface area (Å²) in [5.41, 5.74) is -0.0597. The van der Waals surface area contributed by atoms with Gasteiger partial charge in [0, 0.05) is 0 Å². The van der Waals surface area contributed by atoms with E-state index in [2.05, 4.69) is 10.3 Å². The minimum atomic E-state index is -1.57. The number of nitrogens with one attached hydrogen (secondary N) is 1. The van der Waals surface area contributed by atoms with Crippen molar-refractivity contribution in [3.63, 3.8) is 0 Å². The molecule has 2 rings (SSSR count). The molecule has 2 N–H and O–H groups in total. The van der Waals surface area contributed by atoms with Gasteiger partial charge in [0.25, 0.3) is 0 Å². The molecule has 0 saturated heterocycles. The third-order valence-corrected chi connectivity index (χ3v) is 2.52. The topological polar surface area (TPSA) is 62.2 Å². The Bertz CT molecular complexity index is 662. The van der Waals surface area contributed by atoms with E-state index in [1.807, 2.05) is 0 Å². The van der Waals surface area contributed by atoms with E-state index in [1.54, 1.807) is 0 Å². The molecule has 0 atom stereocenters. The second-order valence-electron chi connectivity index (χ2n) is 3.90. The van der Waals surface area contributed by atoms with Gasteiger partial charge in [-0.3, -0.25) is 0 Å². The van der Waals surface area contributed by atoms with E-state index < -0.39 is 23.4 Å². The number of aromatic nitrogens is 1. The zero-order valence-electron chi connectivity index (χ0n) is 10.0. The molecule has 0 aliphatic carbocycles. The van der Waals surface area contributed by atoms with Gasteiger partial charge in [-0.25, -0.2) is 22.9 Å². The molecule has 0 saturated carbocycles. The van der Waals surface area contributed by atoms with Gasteiger partial charge in [0.15, 0.2) is 17.5 Å². The van der Waals surface area contributed by atoms with Gasteiger partial charge in [0.05, 0.1) is 17.9 Å². The molecule has 0 unspecified atom stereocenters. The second kappa shape index (κ2) is 5.60. The van der Waals surface area contributed by atoms with Gasteiger partial charge in [-0.1, -0.05) is 6.07 Å². The molecule has 0 amide bonds. The predicted octanol–water partition coefficient (Wildman–Crippen LogP) is 2.81. The molecule has 1 aromatic carbocycles. The number of anilines is 1. The zero-order valence-corrected chi connectivity index (χ0v) is 10.0. The number of nitrogens with zero attached hydrogens (tertiary/aromatic N) is 1. The number of rotatable bonds is 4. The highest BCUT2D eigenvalue weighted by molar-refractivity contribution is 5.85. The van der Waals surface area contributed by atoms with Crippen LogP contribution in [-0.4, -0.2) is 16.1 Å². The molecule has 0 spiro atoms. The molecule has 2 aromatic rings. The highest BCUT2D eigenvalue weighted by Crippen LogP contribution is 2.20. The monoisotopic (exact) mass is 282 g/mol. The summed E-state index contributed by atoms with van der Waals surface area (Å²) in [6.07, 6.45) is 0. The molecular formula is C13H9F3N2O2. The molecule has 0 bridgehead atoms. The van der Waals surface area contributed by atoms with Crippen LogP contribution >= 0.6 is 0 Å². The standard InChI is InChI=1S/C13H9F3N2O2/c14-8-4-5-9(12(16)11(8)15)17-6-7-2-1-3-10(18-7)13(19)20/h1-5,17H,6H2,(H,19,20). The van der Waals surface area contributed by atoms with Crippen LogP contribution in [0.15, 0.2) is 30.3 Å². The Morgan fingerprint density at radius 1 is 1.15 bits per heavy atom. The number of hydrogen-bond acceptors (Lipinski definition) is 3. The number of carbonyl (C=O) groups is 1. The number of carboxylic acid groups (broad SMARTS) is 1. The average Bonchev–Trinajstić information content (AvgIpc) is 2.44. The Hall–Kier alpha value is -2.57. The number of hydrogen-bond donors (Lipinski definition) is 2. The summed E-state index contributed by atoms with van der Waals surface area (Å²) in [4.78, 5) is 14.5. The van der Waals surface area contributed by atoms with Crippen LogP contribution in [0.5, 0.6) is 0 Å². The van der Waals surface area contributed by atoms with Crippen LogP contribution in [0, 0.1) is 17.5 Å². The van der Waals surface area contributed by atoms with Gasteiger partial charge in [0.1, 0.15) is 5.69 Å². The predicted molar refractivity (Wildman–Crippen MR) is 64.8 cm³/mol. The first-order chi connectivity index (χ1) is 9.49. The Kier molecular flexibility index (Phi) is 3.88. The van der Waals surface area contributed by atoms with Crippen molar-refractivity contribution in [1.29, 1.82) is 0 Å². The zero-order chi connectivity index (χ0) is 14.7. The molecule has 20 heavy (non-hydrogen) atoms. The van der Waals surface area contributed by atoms with Crippen molar-refractivity contribution < 1.29 is 23.1 Å². The van der Waals surface area contributed by atoms with Crippen LogP contribution in [0.4, 0.5) is 18.9 Å².